The molecule has 0 aliphatic carbocycles. The number of hydrazone groups is 1. The summed E-state index contributed by atoms with van der Waals surface area (Å²) in [6.45, 7) is 4.44. The van der Waals surface area contributed by atoms with Crippen LogP contribution in [-0.2, 0) is 7.05 Å². The molecule has 0 spiro atoms. The lowest BCUT2D eigenvalue weighted by molar-refractivity contribution is 0.756. The Bertz CT molecular complexity index is 455. The topological polar surface area (TPSA) is 70.5 Å². The zero-order chi connectivity index (χ0) is 12.1. The van der Waals surface area contributed by atoms with Crippen molar-refractivity contribution in [1.82, 2.24) is 9.55 Å². The Morgan fingerprint density at radius 3 is 2.69 bits per heavy atom. The first-order valence-electron chi connectivity index (χ1n) is 5.20. The monoisotopic (exact) mass is 224 g/mol. The molecule has 0 aliphatic rings. The molecule has 0 radical (unpaired) electrons. The van der Waals surface area contributed by atoms with Crippen molar-refractivity contribution in [2.75, 3.05) is 11.6 Å². The summed E-state index contributed by atoms with van der Waals surface area (Å²) in [5.41, 5.74) is -0.781. The summed E-state index contributed by atoms with van der Waals surface area (Å²) in [6, 6.07) is 1.36. The van der Waals surface area contributed by atoms with Crippen LogP contribution in [0.15, 0.2) is 20.8 Å². The summed E-state index contributed by atoms with van der Waals surface area (Å²) in [7, 11) is 1.43. The summed E-state index contributed by atoms with van der Waals surface area (Å²) in [5.74, 6) is 0.417. The van der Waals surface area contributed by atoms with Gasteiger partial charge in [-0.1, -0.05) is 6.92 Å². The van der Waals surface area contributed by atoms with Crippen molar-refractivity contribution in [2.24, 2.45) is 12.1 Å². The van der Waals surface area contributed by atoms with Crippen LogP contribution in [0.5, 0.6) is 0 Å². The first-order chi connectivity index (χ1) is 7.60. The van der Waals surface area contributed by atoms with Crippen LogP contribution in [0.25, 0.3) is 0 Å². The molecular weight excluding hydrogens is 208 g/mol. The molecule has 1 rings (SSSR count). The van der Waals surface area contributed by atoms with Gasteiger partial charge in [0.1, 0.15) is 5.82 Å². The molecule has 16 heavy (non-hydrogen) atoms. The number of rotatable bonds is 4. The maximum atomic E-state index is 11.4. The molecule has 88 valence electrons. The molecule has 0 fully saturated rings. The zero-order valence-electron chi connectivity index (χ0n) is 9.73. The van der Waals surface area contributed by atoms with Crippen molar-refractivity contribution in [1.29, 1.82) is 0 Å². The molecule has 0 amide bonds. The standard InChI is InChI=1S/C10H16N4O2/c1-4-6-11-14(5-2)8-7-9(15)13(3)10(16)12-8/h6-7H,4-5H2,1-3H3,(H,12,16). The second-order valence-electron chi connectivity index (χ2n) is 3.28. The Hall–Kier alpha value is -1.85. The van der Waals surface area contributed by atoms with Crippen molar-refractivity contribution < 1.29 is 0 Å². The molecule has 0 saturated heterocycles. The first kappa shape index (κ1) is 12.2. The quantitative estimate of drug-likeness (QED) is 0.590. The van der Waals surface area contributed by atoms with Gasteiger partial charge in [0, 0.05) is 25.9 Å². The second-order valence-corrected chi connectivity index (χ2v) is 3.28. The van der Waals surface area contributed by atoms with Gasteiger partial charge in [-0.2, -0.15) is 5.10 Å². The van der Waals surface area contributed by atoms with E-state index in [4.69, 9.17) is 0 Å². The molecule has 0 atom stereocenters. The van der Waals surface area contributed by atoms with Gasteiger partial charge in [0.25, 0.3) is 5.56 Å². The highest BCUT2D eigenvalue weighted by atomic mass is 16.2. The summed E-state index contributed by atoms with van der Waals surface area (Å²) >= 11 is 0. The minimum absolute atomic E-state index is 0.344. The molecule has 0 bridgehead atoms. The number of hydrogen-bond acceptors (Lipinski definition) is 4. The van der Waals surface area contributed by atoms with Gasteiger partial charge in [-0.25, -0.2) is 9.80 Å². The highest BCUT2D eigenvalue weighted by molar-refractivity contribution is 5.58. The van der Waals surface area contributed by atoms with Gasteiger partial charge in [-0.3, -0.25) is 14.3 Å². The number of nitrogens with zero attached hydrogens (tertiary/aromatic N) is 3. The lowest BCUT2D eigenvalue weighted by Gasteiger charge is -2.15. The van der Waals surface area contributed by atoms with Gasteiger partial charge in [-0.05, 0) is 13.3 Å². The third kappa shape index (κ3) is 2.59. The molecule has 0 saturated carbocycles. The van der Waals surface area contributed by atoms with Crippen molar-refractivity contribution >= 4 is 12.0 Å². The van der Waals surface area contributed by atoms with E-state index in [1.165, 1.54) is 13.1 Å². The summed E-state index contributed by atoms with van der Waals surface area (Å²) in [5, 5.41) is 5.71. The lowest BCUT2D eigenvalue weighted by atomic mass is 10.5. The maximum absolute atomic E-state index is 11.4. The van der Waals surface area contributed by atoms with Crippen LogP contribution in [0.4, 0.5) is 5.82 Å². The molecule has 0 aromatic carbocycles. The van der Waals surface area contributed by atoms with E-state index in [1.54, 1.807) is 11.2 Å². The zero-order valence-corrected chi connectivity index (χ0v) is 9.73. The SMILES string of the molecule is CCC=NN(CC)c1cc(=O)n(C)c(=O)[nH]1. The fourth-order valence-corrected chi connectivity index (χ4v) is 1.18. The largest absolute Gasteiger partial charge is 0.329 e. The minimum atomic E-state index is -0.437. The predicted molar refractivity (Wildman–Crippen MR) is 64.1 cm³/mol. The number of hydrogen-bond donors (Lipinski definition) is 1. The first-order valence-corrected chi connectivity index (χ1v) is 5.20. The van der Waals surface area contributed by atoms with Gasteiger partial charge >= 0.3 is 5.69 Å². The molecule has 1 heterocycles. The van der Waals surface area contributed by atoms with Crippen molar-refractivity contribution in [3.8, 4) is 0 Å². The molecular formula is C10H16N4O2. The Balaban J connectivity index is 3.17. The van der Waals surface area contributed by atoms with Crippen molar-refractivity contribution in [2.45, 2.75) is 20.3 Å². The van der Waals surface area contributed by atoms with Crippen LogP contribution < -0.4 is 16.3 Å². The Morgan fingerprint density at radius 1 is 1.50 bits per heavy atom. The molecule has 6 nitrogen and oxygen atoms in total. The summed E-state index contributed by atoms with van der Waals surface area (Å²) in [4.78, 5) is 25.4. The lowest BCUT2D eigenvalue weighted by Crippen LogP contribution is -2.34. The minimum Gasteiger partial charge on any atom is -0.292 e. The third-order valence-electron chi connectivity index (χ3n) is 2.11. The second kappa shape index (κ2) is 5.29. The van der Waals surface area contributed by atoms with E-state index in [-0.39, 0.29) is 5.56 Å². The van der Waals surface area contributed by atoms with E-state index in [0.29, 0.717) is 12.4 Å². The van der Waals surface area contributed by atoms with Crippen LogP contribution in [-0.4, -0.2) is 22.3 Å². The van der Waals surface area contributed by atoms with Crippen LogP contribution in [0.2, 0.25) is 0 Å². The summed E-state index contributed by atoms with van der Waals surface area (Å²) < 4.78 is 1.01. The van der Waals surface area contributed by atoms with Gasteiger partial charge < -0.3 is 0 Å². The van der Waals surface area contributed by atoms with Crippen LogP contribution in [0, 0.1) is 0 Å². The number of aromatic amines is 1. The highest BCUT2D eigenvalue weighted by Crippen LogP contribution is 2.04. The van der Waals surface area contributed by atoms with E-state index < -0.39 is 5.69 Å². The predicted octanol–water partition coefficient (Wildman–Crippen LogP) is 0.296. The summed E-state index contributed by atoms with van der Waals surface area (Å²) in [6.07, 6.45) is 2.52. The number of anilines is 1. The third-order valence-corrected chi connectivity index (χ3v) is 2.11. The van der Waals surface area contributed by atoms with E-state index in [1.807, 2.05) is 13.8 Å². The van der Waals surface area contributed by atoms with Crippen molar-refractivity contribution in [3.05, 3.63) is 26.9 Å². The molecule has 1 N–H and O–H groups in total. The van der Waals surface area contributed by atoms with E-state index in [9.17, 15) is 9.59 Å². The average molecular weight is 224 g/mol. The van der Waals surface area contributed by atoms with Gasteiger partial charge in [0.15, 0.2) is 0 Å². The average Bonchev–Trinajstić information content (AvgIpc) is 2.26. The molecule has 0 unspecified atom stereocenters. The van der Waals surface area contributed by atoms with Gasteiger partial charge in [-0.15, -0.1) is 0 Å². The Morgan fingerprint density at radius 2 is 2.19 bits per heavy atom. The van der Waals surface area contributed by atoms with E-state index >= 15 is 0 Å². The molecule has 1 aromatic heterocycles. The van der Waals surface area contributed by atoms with Crippen LogP contribution >= 0.6 is 0 Å². The van der Waals surface area contributed by atoms with Crippen molar-refractivity contribution in [3.63, 3.8) is 0 Å². The number of aromatic nitrogens is 2. The fourth-order valence-electron chi connectivity index (χ4n) is 1.18. The Labute approximate surface area is 93.2 Å². The fraction of sp³-hybridized carbons (Fsp3) is 0.500. The van der Waals surface area contributed by atoms with Crippen LogP contribution in [0.3, 0.4) is 0 Å². The highest BCUT2D eigenvalue weighted by Gasteiger charge is 2.05. The molecule has 6 heteroatoms. The smallest absolute Gasteiger partial charge is 0.292 e. The van der Waals surface area contributed by atoms with Gasteiger partial charge in [0.2, 0.25) is 0 Å². The Kier molecular flexibility index (Phi) is 4.04. The maximum Gasteiger partial charge on any atom is 0.329 e. The number of nitrogens with one attached hydrogen (secondary N) is 1. The molecule has 0 aliphatic heterocycles. The van der Waals surface area contributed by atoms with Gasteiger partial charge in [0.05, 0.1) is 0 Å². The number of H-pyrrole nitrogens is 1. The van der Waals surface area contributed by atoms with E-state index in [2.05, 4.69) is 10.1 Å². The normalized spacial score (nSPS) is 10.9. The molecule has 1 aromatic rings. The van der Waals surface area contributed by atoms with Crippen LogP contribution in [0.1, 0.15) is 20.3 Å². The van der Waals surface area contributed by atoms with E-state index in [0.717, 1.165) is 11.0 Å².